The molecule has 0 amide bonds. The number of nitriles is 1. The highest BCUT2D eigenvalue weighted by Gasteiger charge is 2.19. The van der Waals surface area contributed by atoms with E-state index in [1.807, 2.05) is 6.07 Å². The van der Waals surface area contributed by atoms with Crippen molar-refractivity contribution in [3.8, 4) is 23.1 Å². The van der Waals surface area contributed by atoms with E-state index in [9.17, 15) is 22.9 Å². The maximum absolute atomic E-state index is 13.3. The standard InChI is InChI=1S/C19H14FN3O3S2/c1-27-18-16(11-21)19(24)23(14-7-5-13(20)6-8-14)17(22-18)12-3-9-15(10-4-12)28(2,25)26/h3-10H,1-2H3. The van der Waals surface area contributed by atoms with Gasteiger partial charge in [-0.3, -0.25) is 9.36 Å². The van der Waals surface area contributed by atoms with Crippen LogP contribution in [0.5, 0.6) is 0 Å². The number of benzene rings is 2. The third-order valence-electron chi connectivity index (χ3n) is 3.98. The molecule has 0 aliphatic heterocycles. The van der Waals surface area contributed by atoms with Gasteiger partial charge in [-0.15, -0.1) is 11.8 Å². The van der Waals surface area contributed by atoms with Crippen molar-refractivity contribution in [3.05, 3.63) is 70.3 Å². The van der Waals surface area contributed by atoms with E-state index in [4.69, 9.17) is 0 Å². The third-order valence-corrected chi connectivity index (χ3v) is 5.79. The van der Waals surface area contributed by atoms with Gasteiger partial charge in [0.15, 0.2) is 9.84 Å². The molecule has 2 aromatic carbocycles. The first kappa shape index (κ1) is 19.8. The van der Waals surface area contributed by atoms with Crippen LogP contribution in [0.1, 0.15) is 5.56 Å². The summed E-state index contributed by atoms with van der Waals surface area (Å²) in [5.74, 6) is -0.245. The Hall–Kier alpha value is -2.96. The SMILES string of the molecule is CSc1nc(-c2ccc(S(C)(=O)=O)cc2)n(-c2ccc(F)cc2)c(=O)c1C#N. The zero-order chi connectivity index (χ0) is 20.5. The average Bonchev–Trinajstić information content (AvgIpc) is 2.67. The molecule has 0 N–H and O–H groups in total. The van der Waals surface area contributed by atoms with E-state index >= 15 is 0 Å². The molecule has 3 aromatic rings. The van der Waals surface area contributed by atoms with Gasteiger partial charge in [0.1, 0.15) is 28.3 Å². The number of hydrogen-bond donors (Lipinski definition) is 0. The van der Waals surface area contributed by atoms with Crippen molar-refractivity contribution in [1.82, 2.24) is 9.55 Å². The van der Waals surface area contributed by atoms with E-state index in [0.717, 1.165) is 18.0 Å². The summed E-state index contributed by atoms with van der Waals surface area (Å²) in [4.78, 5) is 17.6. The molecule has 28 heavy (non-hydrogen) atoms. The summed E-state index contributed by atoms with van der Waals surface area (Å²) in [6, 6.07) is 13.0. The summed E-state index contributed by atoms with van der Waals surface area (Å²) < 4.78 is 37.9. The number of sulfone groups is 1. The fraction of sp³-hybridized carbons (Fsp3) is 0.105. The first-order valence-corrected chi connectivity index (χ1v) is 11.1. The Balaban J connectivity index is 2.33. The minimum absolute atomic E-state index is 0.117. The second-order valence-corrected chi connectivity index (χ2v) is 8.66. The van der Waals surface area contributed by atoms with Crippen molar-refractivity contribution >= 4 is 21.6 Å². The van der Waals surface area contributed by atoms with Gasteiger partial charge < -0.3 is 0 Å². The van der Waals surface area contributed by atoms with Crippen LogP contribution in [0.2, 0.25) is 0 Å². The molecule has 6 nitrogen and oxygen atoms in total. The van der Waals surface area contributed by atoms with Crippen LogP contribution in [0.15, 0.2) is 63.2 Å². The fourth-order valence-electron chi connectivity index (χ4n) is 2.62. The highest BCUT2D eigenvalue weighted by molar-refractivity contribution is 7.98. The Morgan fingerprint density at radius 3 is 2.21 bits per heavy atom. The second-order valence-electron chi connectivity index (χ2n) is 5.85. The number of thioether (sulfide) groups is 1. The van der Waals surface area contributed by atoms with Gasteiger partial charge in [0.25, 0.3) is 5.56 Å². The lowest BCUT2D eigenvalue weighted by atomic mass is 10.2. The van der Waals surface area contributed by atoms with E-state index in [-0.39, 0.29) is 21.3 Å². The molecule has 9 heteroatoms. The molecule has 1 aromatic heterocycles. The number of hydrogen-bond acceptors (Lipinski definition) is 6. The minimum Gasteiger partial charge on any atom is -0.267 e. The van der Waals surface area contributed by atoms with E-state index in [1.54, 1.807) is 6.26 Å². The normalized spacial score (nSPS) is 11.2. The van der Waals surface area contributed by atoms with Gasteiger partial charge in [0.05, 0.1) is 10.6 Å². The van der Waals surface area contributed by atoms with Crippen molar-refractivity contribution < 1.29 is 12.8 Å². The summed E-state index contributed by atoms with van der Waals surface area (Å²) in [5.41, 5.74) is 0.114. The molecule has 3 rings (SSSR count). The summed E-state index contributed by atoms with van der Waals surface area (Å²) in [5, 5.41) is 9.65. The van der Waals surface area contributed by atoms with Crippen molar-refractivity contribution in [3.63, 3.8) is 0 Å². The second kappa shape index (κ2) is 7.58. The largest absolute Gasteiger partial charge is 0.277 e. The first-order valence-electron chi connectivity index (χ1n) is 7.94. The lowest BCUT2D eigenvalue weighted by Gasteiger charge is -2.15. The smallest absolute Gasteiger partial charge is 0.267 e. The Morgan fingerprint density at radius 2 is 1.71 bits per heavy atom. The summed E-state index contributed by atoms with van der Waals surface area (Å²) in [6.07, 6.45) is 2.80. The van der Waals surface area contributed by atoms with Crippen LogP contribution in [0.3, 0.4) is 0 Å². The van der Waals surface area contributed by atoms with E-state index < -0.39 is 21.2 Å². The van der Waals surface area contributed by atoms with Gasteiger partial charge >= 0.3 is 0 Å². The van der Waals surface area contributed by atoms with Crippen LogP contribution in [0, 0.1) is 17.1 Å². The first-order chi connectivity index (χ1) is 13.3. The fourth-order valence-corrected chi connectivity index (χ4v) is 3.76. The highest BCUT2D eigenvalue weighted by atomic mass is 32.2. The van der Waals surface area contributed by atoms with Gasteiger partial charge in [-0.05, 0) is 54.8 Å². The Kier molecular flexibility index (Phi) is 5.36. The number of halogens is 1. The molecule has 0 saturated carbocycles. The molecular weight excluding hydrogens is 401 g/mol. The Bertz CT molecular complexity index is 1240. The predicted octanol–water partition coefficient (Wildman–Crippen LogP) is 3.04. The molecule has 0 atom stereocenters. The lowest BCUT2D eigenvalue weighted by Crippen LogP contribution is -2.25. The van der Waals surface area contributed by atoms with Gasteiger partial charge in [0, 0.05) is 11.8 Å². The number of rotatable bonds is 4. The molecule has 0 fully saturated rings. The van der Waals surface area contributed by atoms with Gasteiger partial charge in [0.2, 0.25) is 0 Å². The maximum atomic E-state index is 13.3. The maximum Gasteiger partial charge on any atom is 0.277 e. The van der Waals surface area contributed by atoms with Gasteiger partial charge in [-0.25, -0.2) is 17.8 Å². The lowest BCUT2D eigenvalue weighted by molar-refractivity contribution is 0.602. The van der Waals surface area contributed by atoms with Crippen LogP contribution in [-0.4, -0.2) is 30.5 Å². The number of aromatic nitrogens is 2. The Morgan fingerprint density at radius 1 is 1.11 bits per heavy atom. The quantitative estimate of drug-likeness (QED) is 0.480. The summed E-state index contributed by atoms with van der Waals surface area (Å²) in [6.45, 7) is 0. The van der Waals surface area contributed by atoms with Crippen molar-refractivity contribution in [1.29, 1.82) is 5.26 Å². The summed E-state index contributed by atoms with van der Waals surface area (Å²) >= 11 is 1.15. The molecule has 0 radical (unpaired) electrons. The van der Waals surface area contributed by atoms with Gasteiger partial charge in [-0.2, -0.15) is 5.26 Å². The average molecular weight is 415 g/mol. The molecular formula is C19H14FN3O3S2. The molecule has 0 aliphatic carbocycles. The van der Waals surface area contributed by atoms with Crippen LogP contribution in [-0.2, 0) is 9.84 Å². The Labute approximate surface area is 165 Å². The van der Waals surface area contributed by atoms with Crippen molar-refractivity contribution in [2.75, 3.05) is 12.5 Å². The van der Waals surface area contributed by atoms with Crippen LogP contribution < -0.4 is 5.56 Å². The monoisotopic (exact) mass is 415 g/mol. The van der Waals surface area contributed by atoms with E-state index in [0.29, 0.717) is 11.3 Å². The molecule has 0 saturated heterocycles. The van der Waals surface area contributed by atoms with E-state index in [1.165, 1.54) is 53.1 Å². The van der Waals surface area contributed by atoms with Crippen LogP contribution in [0.4, 0.5) is 4.39 Å². The minimum atomic E-state index is -3.38. The van der Waals surface area contributed by atoms with Crippen molar-refractivity contribution in [2.24, 2.45) is 0 Å². The summed E-state index contributed by atoms with van der Waals surface area (Å²) in [7, 11) is -3.38. The molecule has 0 spiro atoms. The van der Waals surface area contributed by atoms with Crippen LogP contribution >= 0.6 is 11.8 Å². The van der Waals surface area contributed by atoms with Gasteiger partial charge in [-0.1, -0.05) is 0 Å². The highest BCUT2D eigenvalue weighted by Crippen LogP contribution is 2.25. The molecule has 0 unspecified atom stereocenters. The third kappa shape index (κ3) is 3.69. The van der Waals surface area contributed by atoms with Crippen molar-refractivity contribution in [2.45, 2.75) is 9.92 Å². The topological polar surface area (TPSA) is 92.8 Å². The number of nitrogens with zero attached hydrogens (tertiary/aromatic N) is 3. The zero-order valence-electron chi connectivity index (χ0n) is 14.9. The van der Waals surface area contributed by atoms with E-state index in [2.05, 4.69) is 4.98 Å². The molecule has 1 heterocycles. The predicted molar refractivity (Wildman–Crippen MR) is 105 cm³/mol. The molecule has 0 aliphatic rings. The molecule has 0 bridgehead atoms. The molecule has 142 valence electrons. The van der Waals surface area contributed by atoms with Crippen LogP contribution in [0.25, 0.3) is 17.1 Å². The zero-order valence-corrected chi connectivity index (χ0v) is 16.5.